The number of amides is 2. The van der Waals surface area contributed by atoms with Crippen LogP contribution in [0.1, 0.15) is 65.9 Å². The van der Waals surface area contributed by atoms with Crippen LogP contribution in [0.25, 0.3) is 16.8 Å². The minimum atomic E-state index is -0.669. The van der Waals surface area contributed by atoms with Crippen molar-refractivity contribution in [2.24, 2.45) is 0 Å². The number of hydrogen-bond donors (Lipinski definition) is 4. The van der Waals surface area contributed by atoms with Gasteiger partial charge in [0.15, 0.2) is 0 Å². The lowest BCUT2D eigenvalue weighted by molar-refractivity contribution is 0.0888. The summed E-state index contributed by atoms with van der Waals surface area (Å²) in [5.74, 6) is -1.33. The first kappa shape index (κ1) is 35.0. The Morgan fingerprint density at radius 1 is 0.885 bits per heavy atom. The largest absolute Gasteiger partial charge is 0.508 e. The summed E-state index contributed by atoms with van der Waals surface area (Å²) < 4.78 is 35.5. The Bertz CT molecular complexity index is 2090. The molecular weight excluding hydrogens is 668 g/mol. The van der Waals surface area contributed by atoms with Crippen LogP contribution in [-0.4, -0.2) is 73.4 Å². The summed E-state index contributed by atoms with van der Waals surface area (Å²) in [6.07, 6.45) is 6.17. The first-order valence-corrected chi connectivity index (χ1v) is 17.6. The van der Waals surface area contributed by atoms with Gasteiger partial charge in [-0.05, 0) is 93.1 Å². The normalized spacial score (nSPS) is 20.8. The minimum Gasteiger partial charge on any atom is -0.508 e. The number of halogens is 2. The zero-order valence-electron chi connectivity index (χ0n) is 29.0. The van der Waals surface area contributed by atoms with Crippen molar-refractivity contribution in [1.82, 2.24) is 35.2 Å². The second-order valence-electron chi connectivity index (χ2n) is 13.9. The van der Waals surface area contributed by atoms with E-state index in [4.69, 9.17) is 4.74 Å². The molecule has 1 aliphatic heterocycles. The topological polar surface area (TPSA) is 133 Å². The molecule has 0 bridgehead atoms. The second kappa shape index (κ2) is 15.1. The van der Waals surface area contributed by atoms with Gasteiger partial charge < -0.3 is 30.2 Å². The number of carbonyl (C=O) groups is 2. The van der Waals surface area contributed by atoms with Gasteiger partial charge in [-0.2, -0.15) is 0 Å². The molecule has 5 aromatic rings. The summed E-state index contributed by atoms with van der Waals surface area (Å²) >= 11 is 0. The number of rotatable bonds is 9. The van der Waals surface area contributed by atoms with E-state index in [1.54, 1.807) is 12.1 Å². The van der Waals surface area contributed by atoms with E-state index in [1.165, 1.54) is 28.9 Å². The number of benzene rings is 2. The summed E-state index contributed by atoms with van der Waals surface area (Å²) in [5.41, 5.74) is 3.19. The molecule has 2 fully saturated rings. The molecule has 3 aromatic heterocycles. The van der Waals surface area contributed by atoms with E-state index in [2.05, 4.69) is 44.7 Å². The highest BCUT2D eigenvalue weighted by atomic mass is 19.1. The smallest absolute Gasteiger partial charge is 0.271 e. The highest BCUT2D eigenvalue weighted by molar-refractivity contribution is 5.96. The maximum atomic E-state index is 14.4. The molecule has 0 spiro atoms. The zero-order chi connectivity index (χ0) is 36.4. The molecule has 2 aliphatic rings. The molecule has 4 N–H and O–H groups in total. The fourth-order valence-corrected chi connectivity index (χ4v) is 7.20. The van der Waals surface area contributed by atoms with E-state index in [9.17, 15) is 23.5 Å². The molecule has 1 aliphatic carbocycles. The molecular formula is C39H41F2N7O4. The number of phenols is 1. The highest BCUT2D eigenvalue weighted by Crippen LogP contribution is 2.32. The average Bonchev–Trinajstić information content (AvgIpc) is 3.54. The number of hydrogen-bond acceptors (Lipinski definition) is 8. The van der Waals surface area contributed by atoms with E-state index >= 15 is 0 Å². The van der Waals surface area contributed by atoms with Crippen molar-refractivity contribution in [3.8, 4) is 28.5 Å². The van der Waals surface area contributed by atoms with Crippen LogP contribution >= 0.6 is 0 Å². The number of aromatic nitrogens is 3. The molecule has 270 valence electrons. The highest BCUT2D eigenvalue weighted by Gasteiger charge is 2.27. The molecule has 0 radical (unpaired) electrons. The van der Waals surface area contributed by atoms with E-state index in [0.717, 1.165) is 42.0 Å². The molecule has 2 atom stereocenters. The predicted octanol–water partition coefficient (Wildman–Crippen LogP) is 5.83. The Balaban J connectivity index is 0.978. The maximum absolute atomic E-state index is 14.4. The van der Waals surface area contributed by atoms with Crippen molar-refractivity contribution < 1.29 is 28.2 Å². The van der Waals surface area contributed by atoms with Crippen LogP contribution in [0, 0.1) is 11.6 Å². The van der Waals surface area contributed by atoms with E-state index < -0.39 is 17.5 Å². The minimum absolute atomic E-state index is 0.0299. The molecule has 52 heavy (non-hydrogen) atoms. The lowest BCUT2D eigenvalue weighted by Crippen LogP contribution is -2.53. The molecule has 4 heterocycles. The van der Waals surface area contributed by atoms with Gasteiger partial charge in [-0.1, -0.05) is 18.2 Å². The number of aromatic hydroxyl groups is 1. The Hall–Kier alpha value is -5.40. The number of phenolic OH excluding ortho intramolecular Hbond substituents is 1. The molecule has 1 saturated carbocycles. The van der Waals surface area contributed by atoms with Crippen molar-refractivity contribution in [3.05, 3.63) is 108 Å². The van der Waals surface area contributed by atoms with Gasteiger partial charge in [0.25, 0.3) is 11.8 Å². The SMILES string of the molecule is C[C@@H]1CN(Cc2cc(-c3cccc(Oc4ncc(F)cc4C(=O)N[C@H]4CC[C@H](NC(=O)c5cn6cc(F)ccc6n5)CC4)c3)ccc2O)C[C@H](C)N1. The number of pyridine rings is 2. The number of ether oxygens (including phenoxy) is 1. The van der Waals surface area contributed by atoms with Crippen LogP contribution in [0.3, 0.4) is 0 Å². The fourth-order valence-electron chi connectivity index (χ4n) is 7.20. The molecule has 13 heteroatoms. The van der Waals surface area contributed by atoms with Gasteiger partial charge in [-0.15, -0.1) is 0 Å². The van der Waals surface area contributed by atoms with Gasteiger partial charge in [-0.25, -0.2) is 18.7 Å². The molecule has 1 saturated heterocycles. The Morgan fingerprint density at radius 2 is 1.60 bits per heavy atom. The van der Waals surface area contributed by atoms with Gasteiger partial charge in [0.1, 0.15) is 40.0 Å². The van der Waals surface area contributed by atoms with Crippen LogP contribution in [0.2, 0.25) is 0 Å². The van der Waals surface area contributed by atoms with Crippen LogP contribution in [0.15, 0.2) is 79.3 Å². The third kappa shape index (κ3) is 8.21. The van der Waals surface area contributed by atoms with Gasteiger partial charge in [0.2, 0.25) is 5.88 Å². The molecule has 2 aromatic carbocycles. The van der Waals surface area contributed by atoms with Crippen molar-refractivity contribution in [3.63, 3.8) is 0 Å². The summed E-state index contributed by atoms with van der Waals surface area (Å²) in [4.78, 5) is 37.0. The van der Waals surface area contributed by atoms with Crippen LogP contribution in [-0.2, 0) is 6.54 Å². The van der Waals surface area contributed by atoms with Crippen LogP contribution in [0.4, 0.5) is 8.78 Å². The number of nitrogens with one attached hydrogen (secondary N) is 3. The van der Waals surface area contributed by atoms with Gasteiger partial charge >= 0.3 is 0 Å². The lowest BCUT2D eigenvalue weighted by Gasteiger charge is -2.36. The van der Waals surface area contributed by atoms with Crippen LogP contribution < -0.4 is 20.7 Å². The van der Waals surface area contributed by atoms with Crippen molar-refractivity contribution >= 4 is 17.5 Å². The summed E-state index contributed by atoms with van der Waals surface area (Å²) in [6, 6.07) is 17.1. The second-order valence-corrected chi connectivity index (χ2v) is 13.9. The first-order chi connectivity index (χ1) is 25.1. The van der Waals surface area contributed by atoms with Crippen LogP contribution in [0.5, 0.6) is 17.4 Å². The number of imidazole rings is 1. The fraction of sp³-hybridized carbons (Fsp3) is 0.333. The van der Waals surface area contributed by atoms with Gasteiger partial charge in [0, 0.05) is 61.8 Å². The molecule has 0 unspecified atom stereocenters. The molecule has 7 rings (SSSR count). The standard InChI is InChI=1S/C39H41F2N7O4/c1-23-18-47(19-24(2)43-23)20-27-14-26(6-12-35(27)49)25-4-3-5-32(15-25)52-39-33(16-29(41)17-42-39)37(50)44-30-8-10-31(11-9-30)45-38(51)34-22-48-21-28(40)7-13-36(48)46-34/h3-7,12-17,21-24,30-31,43,49H,8-11,18-20H2,1-2H3,(H,44,50)(H,45,51)/t23-,24+,30-,31-. The monoisotopic (exact) mass is 709 g/mol. The van der Waals surface area contributed by atoms with Crippen molar-refractivity contribution in [2.75, 3.05) is 13.1 Å². The van der Waals surface area contributed by atoms with Crippen molar-refractivity contribution in [1.29, 1.82) is 0 Å². The quantitative estimate of drug-likeness (QED) is 0.151. The maximum Gasteiger partial charge on any atom is 0.271 e. The average molecular weight is 710 g/mol. The first-order valence-electron chi connectivity index (χ1n) is 17.6. The molecule has 2 amide bonds. The molecule has 11 nitrogen and oxygen atoms in total. The Labute approximate surface area is 300 Å². The Morgan fingerprint density at radius 3 is 2.35 bits per heavy atom. The summed E-state index contributed by atoms with van der Waals surface area (Å²) in [6.45, 7) is 6.69. The number of fused-ring (bicyclic) bond motifs is 1. The number of carbonyl (C=O) groups excluding carboxylic acids is 2. The lowest BCUT2D eigenvalue weighted by atomic mass is 9.91. The van der Waals surface area contributed by atoms with Gasteiger partial charge in [0.05, 0.1) is 6.20 Å². The van der Waals surface area contributed by atoms with E-state index in [-0.39, 0.29) is 40.9 Å². The number of piperazine rings is 1. The van der Waals surface area contributed by atoms with E-state index in [0.29, 0.717) is 55.7 Å². The summed E-state index contributed by atoms with van der Waals surface area (Å²) in [7, 11) is 0. The zero-order valence-corrected chi connectivity index (χ0v) is 29.0. The van der Waals surface area contributed by atoms with E-state index in [1.807, 2.05) is 30.3 Å². The predicted molar refractivity (Wildman–Crippen MR) is 191 cm³/mol. The Kier molecular flexibility index (Phi) is 10.1. The number of nitrogens with zero attached hydrogens (tertiary/aromatic N) is 4. The summed E-state index contributed by atoms with van der Waals surface area (Å²) in [5, 5.41) is 20.2. The van der Waals surface area contributed by atoms with Gasteiger partial charge in [-0.3, -0.25) is 14.5 Å². The third-order valence-electron chi connectivity index (χ3n) is 9.60. The van der Waals surface area contributed by atoms with Crippen molar-refractivity contribution in [2.45, 2.75) is 70.2 Å². The third-order valence-corrected chi connectivity index (χ3v) is 9.60.